The lowest BCUT2D eigenvalue weighted by Crippen LogP contribution is -2.52. The third-order valence-electron chi connectivity index (χ3n) is 6.32. The molecule has 0 bridgehead atoms. The number of amides is 4. The average Bonchev–Trinajstić information content (AvgIpc) is 2.88. The van der Waals surface area contributed by atoms with E-state index < -0.39 is 11.6 Å². The van der Waals surface area contributed by atoms with Crippen LogP contribution in [-0.4, -0.2) is 65.9 Å². The standard InChI is InChI=1S/C21H27FN4O3/c22-16-7-3-4-8-17(16)24-11-13-25(14-12-24)18(27)15-26-19(28)21(23-20(26)29)9-5-1-2-6-10-21/h3-4,7-8H,1-2,5-6,9-15H2,(H,23,29). The summed E-state index contributed by atoms with van der Waals surface area (Å²) in [5, 5.41) is 2.87. The number of urea groups is 1. The van der Waals surface area contributed by atoms with Gasteiger partial charge in [0.2, 0.25) is 5.91 Å². The van der Waals surface area contributed by atoms with E-state index >= 15 is 0 Å². The maximum absolute atomic E-state index is 14.0. The molecule has 1 N–H and O–H groups in total. The molecule has 156 valence electrons. The first kappa shape index (κ1) is 19.7. The molecule has 3 aliphatic rings. The number of anilines is 1. The summed E-state index contributed by atoms with van der Waals surface area (Å²) < 4.78 is 14.0. The van der Waals surface area contributed by atoms with E-state index in [2.05, 4.69) is 5.32 Å². The number of halogens is 1. The van der Waals surface area contributed by atoms with Crippen LogP contribution in [0.4, 0.5) is 14.9 Å². The van der Waals surface area contributed by atoms with Crippen LogP contribution in [0, 0.1) is 5.82 Å². The first-order chi connectivity index (χ1) is 14.0. The molecule has 7 nitrogen and oxygen atoms in total. The lowest BCUT2D eigenvalue weighted by molar-refractivity contribution is -0.139. The van der Waals surface area contributed by atoms with Gasteiger partial charge in [-0.3, -0.25) is 14.5 Å². The number of imide groups is 1. The molecule has 0 aromatic heterocycles. The molecule has 29 heavy (non-hydrogen) atoms. The van der Waals surface area contributed by atoms with Crippen molar-refractivity contribution in [3.63, 3.8) is 0 Å². The van der Waals surface area contributed by atoms with E-state index in [0.29, 0.717) is 44.7 Å². The fourth-order valence-corrected chi connectivity index (χ4v) is 4.63. The second-order valence-electron chi connectivity index (χ2n) is 8.14. The van der Waals surface area contributed by atoms with Gasteiger partial charge in [-0.1, -0.05) is 37.8 Å². The zero-order chi connectivity index (χ0) is 20.4. The van der Waals surface area contributed by atoms with Crippen molar-refractivity contribution >= 4 is 23.5 Å². The van der Waals surface area contributed by atoms with Gasteiger partial charge in [0.15, 0.2) is 0 Å². The van der Waals surface area contributed by atoms with Crippen molar-refractivity contribution in [2.24, 2.45) is 0 Å². The number of nitrogens with zero attached hydrogens (tertiary/aromatic N) is 3. The van der Waals surface area contributed by atoms with Crippen LogP contribution < -0.4 is 10.2 Å². The highest BCUT2D eigenvalue weighted by atomic mass is 19.1. The summed E-state index contributed by atoms with van der Waals surface area (Å²) in [7, 11) is 0. The average molecular weight is 402 g/mol. The predicted octanol–water partition coefficient (Wildman–Crippen LogP) is 2.12. The molecule has 0 unspecified atom stereocenters. The Hall–Kier alpha value is -2.64. The fourth-order valence-electron chi connectivity index (χ4n) is 4.63. The third-order valence-corrected chi connectivity index (χ3v) is 6.32. The van der Waals surface area contributed by atoms with Crippen molar-refractivity contribution in [3.8, 4) is 0 Å². The monoisotopic (exact) mass is 402 g/mol. The highest BCUT2D eigenvalue weighted by Crippen LogP contribution is 2.32. The molecule has 1 aromatic carbocycles. The largest absolute Gasteiger partial charge is 0.366 e. The van der Waals surface area contributed by atoms with Gasteiger partial charge in [-0.25, -0.2) is 9.18 Å². The van der Waals surface area contributed by atoms with Gasteiger partial charge in [0.05, 0.1) is 5.69 Å². The maximum atomic E-state index is 14.0. The quantitative estimate of drug-likeness (QED) is 0.786. The molecular formula is C21H27FN4O3. The first-order valence-electron chi connectivity index (χ1n) is 10.4. The molecule has 2 heterocycles. The van der Waals surface area contributed by atoms with Crippen molar-refractivity contribution in [1.29, 1.82) is 0 Å². The number of carbonyl (C=O) groups excluding carboxylic acids is 3. The smallest absolute Gasteiger partial charge is 0.325 e. The van der Waals surface area contributed by atoms with E-state index in [1.54, 1.807) is 23.1 Å². The van der Waals surface area contributed by atoms with Crippen LogP contribution in [0.25, 0.3) is 0 Å². The fraction of sp³-hybridized carbons (Fsp3) is 0.571. The highest BCUT2D eigenvalue weighted by Gasteiger charge is 2.51. The number of hydrogen-bond donors (Lipinski definition) is 1. The molecule has 0 atom stereocenters. The molecule has 4 rings (SSSR count). The van der Waals surface area contributed by atoms with Gasteiger partial charge in [-0.05, 0) is 25.0 Å². The number of hydrogen-bond acceptors (Lipinski definition) is 4. The highest BCUT2D eigenvalue weighted by molar-refractivity contribution is 6.09. The van der Waals surface area contributed by atoms with Gasteiger partial charge in [0.1, 0.15) is 17.9 Å². The molecule has 1 aliphatic carbocycles. The van der Waals surface area contributed by atoms with Gasteiger partial charge in [-0.15, -0.1) is 0 Å². The molecule has 2 saturated heterocycles. The molecular weight excluding hydrogens is 375 g/mol. The van der Waals surface area contributed by atoms with Crippen LogP contribution in [0.15, 0.2) is 24.3 Å². The summed E-state index contributed by atoms with van der Waals surface area (Å²) in [6.07, 6.45) is 5.23. The summed E-state index contributed by atoms with van der Waals surface area (Å²) >= 11 is 0. The SMILES string of the molecule is O=C(CN1C(=O)NC2(CCCCCC2)C1=O)N1CCN(c2ccccc2F)CC1. The summed E-state index contributed by atoms with van der Waals surface area (Å²) in [4.78, 5) is 42.8. The van der Waals surface area contributed by atoms with E-state index in [1.807, 2.05) is 4.90 Å². The maximum Gasteiger partial charge on any atom is 0.325 e. The lowest BCUT2D eigenvalue weighted by atomic mass is 9.90. The summed E-state index contributed by atoms with van der Waals surface area (Å²) in [5.74, 6) is -0.782. The third kappa shape index (κ3) is 3.80. The number of para-hydroxylation sites is 1. The number of piperazine rings is 1. The van der Waals surface area contributed by atoms with Gasteiger partial charge >= 0.3 is 6.03 Å². The minimum atomic E-state index is -0.822. The molecule has 2 aliphatic heterocycles. The predicted molar refractivity (Wildman–Crippen MR) is 106 cm³/mol. The Morgan fingerprint density at radius 2 is 1.66 bits per heavy atom. The van der Waals surface area contributed by atoms with Gasteiger partial charge in [-0.2, -0.15) is 0 Å². The molecule has 1 aromatic rings. The minimum Gasteiger partial charge on any atom is -0.366 e. The molecule has 4 amide bonds. The lowest BCUT2D eigenvalue weighted by Gasteiger charge is -2.36. The topological polar surface area (TPSA) is 73.0 Å². The van der Waals surface area contributed by atoms with E-state index in [1.165, 1.54) is 6.07 Å². The number of nitrogens with one attached hydrogen (secondary N) is 1. The normalized spacial score (nSPS) is 22.0. The van der Waals surface area contributed by atoms with Crippen LogP contribution in [0.3, 0.4) is 0 Å². The Labute approximate surface area is 169 Å². The summed E-state index contributed by atoms with van der Waals surface area (Å²) in [6.45, 7) is 1.66. The van der Waals surface area contributed by atoms with E-state index in [0.717, 1.165) is 30.6 Å². The van der Waals surface area contributed by atoms with Crippen LogP contribution >= 0.6 is 0 Å². The van der Waals surface area contributed by atoms with Crippen LogP contribution in [0.5, 0.6) is 0 Å². The number of benzene rings is 1. The molecule has 1 spiro atoms. The van der Waals surface area contributed by atoms with Gasteiger partial charge < -0.3 is 15.1 Å². The zero-order valence-electron chi connectivity index (χ0n) is 16.5. The summed E-state index contributed by atoms with van der Waals surface area (Å²) in [5.41, 5.74) is -0.291. The first-order valence-corrected chi connectivity index (χ1v) is 10.4. The van der Waals surface area contributed by atoms with Crippen molar-refractivity contribution in [3.05, 3.63) is 30.1 Å². The molecule has 0 radical (unpaired) electrons. The Bertz CT molecular complexity index is 799. The van der Waals surface area contributed by atoms with Crippen molar-refractivity contribution in [2.45, 2.75) is 44.1 Å². The van der Waals surface area contributed by atoms with E-state index in [4.69, 9.17) is 0 Å². The zero-order valence-corrected chi connectivity index (χ0v) is 16.5. The van der Waals surface area contributed by atoms with Gasteiger partial charge in [0, 0.05) is 26.2 Å². The van der Waals surface area contributed by atoms with Crippen LogP contribution in [-0.2, 0) is 9.59 Å². The molecule has 1 saturated carbocycles. The Kier molecular flexibility index (Phi) is 5.43. The number of carbonyl (C=O) groups is 3. The Morgan fingerprint density at radius 1 is 1.00 bits per heavy atom. The van der Waals surface area contributed by atoms with Crippen LogP contribution in [0.1, 0.15) is 38.5 Å². The Morgan fingerprint density at radius 3 is 2.31 bits per heavy atom. The molecule has 3 fully saturated rings. The summed E-state index contributed by atoms with van der Waals surface area (Å²) in [6, 6.07) is 6.13. The van der Waals surface area contributed by atoms with Crippen molar-refractivity contribution in [2.75, 3.05) is 37.6 Å². The Balaban J connectivity index is 1.36. The second-order valence-corrected chi connectivity index (χ2v) is 8.14. The molecule has 8 heteroatoms. The van der Waals surface area contributed by atoms with E-state index in [-0.39, 0.29) is 24.2 Å². The minimum absolute atomic E-state index is 0.230. The van der Waals surface area contributed by atoms with Crippen molar-refractivity contribution in [1.82, 2.24) is 15.1 Å². The van der Waals surface area contributed by atoms with Gasteiger partial charge in [0.25, 0.3) is 5.91 Å². The van der Waals surface area contributed by atoms with E-state index in [9.17, 15) is 18.8 Å². The van der Waals surface area contributed by atoms with Crippen LogP contribution in [0.2, 0.25) is 0 Å². The number of rotatable bonds is 3. The van der Waals surface area contributed by atoms with Crippen molar-refractivity contribution < 1.29 is 18.8 Å². The second kappa shape index (κ2) is 8.00.